The van der Waals surface area contributed by atoms with Gasteiger partial charge >= 0.3 is 6.09 Å². The van der Waals surface area contributed by atoms with E-state index >= 15 is 0 Å². The fraction of sp³-hybridized carbons (Fsp3) is 0.947. The summed E-state index contributed by atoms with van der Waals surface area (Å²) in [4.78, 5) is 11.8. The molecule has 0 saturated heterocycles. The Balaban J connectivity index is 1.40. The van der Waals surface area contributed by atoms with Crippen molar-refractivity contribution in [3.05, 3.63) is 0 Å². The number of hydrogen-bond donors (Lipinski definition) is 2. The second-order valence-corrected chi connectivity index (χ2v) is 9.31. The molecular weight excluding hydrogens is 288 g/mol. The highest BCUT2D eigenvalue weighted by atomic mass is 16.6. The van der Waals surface area contributed by atoms with Gasteiger partial charge in [-0.3, -0.25) is 0 Å². The summed E-state index contributed by atoms with van der Waals surface area (Å²) in [6, 6.07) is 0.768. The van der Waals surface area contributed by atoms with Crippen molar-refractivity contribution in [1.29, 1.82) is 0 Å². The first-order valence-electron chi connectivity index (χ1n) is 9.46. The van der Waals surface area contributed by atoms with Gasteiger partial charge in [-0.25, -0.2) is 4.79 Å². The van der Waals surface area contributed by atoms with Crippen molar-refractivity contribution in [2.24, 2.45) is 35.5 Å². The molecule has 0 aliphatic heterocycles. The molecule has 0 heterocycles. The van der Waals surface area contributed by atoms with Crippen LogP contribution in [0.4, 0.5) is 4.79 Å². The van der Waals surface area contributed by atoms with E-state index in [4.69, 9.17) is 4.74 Å². The SMILES string of the molecule is CC(C)C(CNC(=O)OC(C)(C)C)CNC1C2C3CCC(C3)C12. The van der Waals surface area contributed by atoms with Crippen LogP contribution in [0.5, 0.6) is 0 Å². The van der Waals surface area contributed by atoms with Crippen LogP contribution < -0.4 is 10.6 Å². The van der Waals surface area contributed by atoms with E-state index in [9.17, 15) is 4.79 Å². The van der Waals surface area contributed by atoms with E-state index in [1.54, 1.807) is 0 Å². The van der Waals surface area contributed by atoms with Gasteiger partial charge in [-0.1, -0.05) is 13.8 Å². The minimum atomic E-state index is -0.430. The van der Waals surface area contributed by atoms with Crippen molar-refractivity contribution >= 4 is 6.09 Å². The van der Waals surface area contributed by atoms with Gasteiger partial charge in [-0.15, -0.1) is 0 Å². The van der Waals surface area contributed by atoms with Crippen molar-refractivity contribution in [2.45, 2.75) is 65.5 Å². The van der Waals surface area contributed by atoms with E-state index < -0.39 is 5.60 Å². The van der Waals surface area contributed by atoms with E-state index in [-0.39, 0.29) is 6.09 Å². The molecule has 3 aliphatic rings. The lowest BCUT2D eigenvalue weighted by molar-refractivity contribution is 0.0514. The Morgan fingerprint density at radius 1 is 1.13 bits per heavy atom. The Labute approximate surface area is 141 Å². The number of fused-ring (bicyclic) bond motifs is 5. The summed E-state index contributed by atoms with van der Waals surface area (Å²) < 4.78 is 5.33. The van der Waals surface area contributed by atoms with Crippen LogP contribution >= 0.6 is 0 Å². The molecule has 5 unspecified atom stereocenters. The van der Waals surface area contributed by atoms with Gasteiger partial charge in [-0.2, -0.15) is 0 Å². The van der Waals surface area contributed by atoms with E-state index in [1.807, 2.05) is 20.8 Å². The maximum absolute atomic E-state index is 11.8. The van der Waals surface area contributed by atoms with Crippen molar-refractivity contribution in [3.63, 3.8) is 0 Å². The van der Waals surface area contributed by atoms with Crippen LogP contribution in [0.15, 0.2) is 0 Å². The highest BCUT2D eigenvalue weighted by molar-refractivity contribution is 5.67. The van der Waals surface area contributed by atoms with Crippen LogP contribution in [0.3, 0.4) is 0 Å². The van der Waals surface area contributed by atoms with Crippen molar-refractivity contribution in [1.82, 2.24) is 10.6 Å². The molecule has 0 aromatic heterocycles. The number of alkyl carbamates (subject to hydrolysis) is 1. The Bertz CT molecular complexity index is 427. The molecule has 3 rings (SSSR count). The summed E-state index contributed by atoms with van der Waals surface area (Å²) in [6.45, 7) is 11.9. The summed E-state index contributed by atoms with van der Waals surface area (Å²) >= 11 is 0. The predicted octanol–water partition coefficient (Wildman–Crippen LogP) is 3.42. The Morgan fingerprint density at radius 3 is 2.26 bits per heavy atom. The molecule has 2 N–H and O–H groups in total. The summed E-state index contributed by atoms with van der Waals surface area (Å²) in [5, 5.41) is 6.76. The largest absolute Gasteiger partial charge is 0.444 e. The number of carbonyl (C=O) groups excluding carboxylic acids is 1. The van der Waals surface area contributed by atoms with Crippen molar-refractivity contribution < 1.29 is 9.53 Å². The van der Waals surface area contributed by atoms with Gasteiger partial charge in [-0.05, 0) is 75.5 Å². The molecule has 2 bridgehead atoms. The summed E-state index contributed by atoms with van der Waals surface area (Å²) in [6.07, 6.45) is 4.14. The van der Waals surface area contributed by atoms with Crippen LogP contribution in [-0.4, -0.2) is 30.8 Å². The zero-order chi connectivity index (χ0) is 16.8. The molecule has 132 valence electrons. The number of carbonyl (C=O) groups is 1. The normalized spacial score (nSPS) is 36.0. The molecule has 1 amide bonds. The van der Waals surface area contributed by atoms with Gasteiger partial charge < -0.3 is 15.4 Å². The molecule has 3 aliphatic carbocycles. The van der Waals surface area contributed by atoms with Crippen LogP contribution in [-0.2, 0) is 4.74 Å². The predicted molar refractivity (Wildman–Crippen MR) is 92.2 cm³/mol. The second-order valence-electron chi connectivity index (χ2n) is 9.31. The molecule has 3 fully saturated rings. The first kappa shape index (κ1) is 17.1. The number of amides is 1. The number of nitrogens with one attached hydrogen (secondary N) is 2. The highest BCUT2D eigenvalue weighted by Crippen LogP contribution is 2.65. The molecule has 4 nitrogen and oxygen atoms in total. The zero-order valence-electron chi connectivity index (χ0n) is 15.4. The lowest BCUT2D eigenvalue weighted by atomic mass is 9.95. The molecular formula is C19H34N2O2. The first-order valence-corrected chi connectivity index (χ1v) is 9.46. The Kier molecular flexibility index (Phi) is 4.65. The third kappa shape index (κ3) is 3.84. The average Bonchev–Trinajstić information content (AvgIpc) is 2.82. The molecule has 4 heteroatoms. The number of ether oxygens (including phenoxy) is 1. The molecule has 0 aromatic carbocycles. The quantitative estimate of drug-likeness (QED) is 0.788. The summed E-state index contributed by atoms with van der Waals surface area (Å²) in [5.74, 6) is 4.98. The van der Waals surface area contributed by atoms with Gasteiger partial charge in [0.1, 0.15) is 5.60 Å². The third-order valence-electron chi connectivity index (χ3n) is 6.20. The van der Waals surface area contributed by atoms with E-state index in [0.29, 0.717) is 18.4 Å². The van der Waals surface area contributed by atoms with E-state index in [0.717, 1.165) is 36.3 Å². The number of rotatable bonds is 6. The van der Waals surface area contributed by atoms with Crippen LogP contribution in [0, 0.1) is 35.5 Å². The second kappa shape index (κ2) is 6.27. The zero-order valence-corrected chi connectivity index (χ0v) is 15.4. The van der Waals surface area contributed by atoms with Crippen LogP contribution in [0.2, 0.25) is 0 Å². The lowest BCUT2D eigenvalue weighted by Gasteiger charge is -2.24. The van der Waals surface area contributed by atoms with Gasteiger partial charge in [0, 0.05) is 19.1 Å². The van der Waals surface area contributed by atoms with Crippen LogP contribution in [0.25, 0.3) is 0 Å². The standard InChI is InChI=1S/C19H34N2O2/c1-11(2)14(10-21-18(22)23-19(3,4)5)9-20-17-15-12-6-7-13(8-12)16(15)17/h11-17,20H,6-10H2,1-5H3,(H,21,22). The lowest BCUT2D eigenvalue weighted by Crippen LogP contribution is -2.40. The fourth-order valence-corrected chi connectivity index (χ4v) is 4.96. The van der Waals surface area contributed by atoms with E-state index in [1.165, 1.54) is 19.3 Å². The highest BCUT2D eigenvalue weighted by Gasteiger charge is 2.64. The summed E-state index contributed by atoms with van der Waals surface area (Å²) in [7, 11) is 0. The molecule has 3 saturated carbocycles. The topological polar surface area (TPSA) is 50.4 Å². The maximum atomic E-state index is 11.8. The first-order chi connectivity index (χ1) is 10.8. The van der Waals surface area contributed by atoms with Gasteiger partial charge in [0.2, 0.25) is 0 Å². The molecule has 0 aromatic rings. The van der Waals surface area contributed by atoms with E-state index in [2.05, 4.69) is 24.5 Å². The minimum Gasteiger partial charge on any atom is -0.444 e. The number of hydrogen-bond acceptors (Lipinski definition) is 3. The molecule has 0 radical (unpaired) electrons. The summed E-state index contributed by atoms with van der Waals surface area (Å²) in [5.41, 5.74) is -0.430. The Morgan fingerprint density at radius 2 is 1.74 bits per heavy atom. The minimum absolute atomic E-state index is 0.301. The van der Waals surface area contributed by atoms with Crippen molar-refractivity contribution in [3.8, 4) is 0 Å². The smallest absolute Gasteiger partial charge is 0.407 e. The fourth-order valence-electron chi connectivity index (χ4n) is 4.96. The van der Waals surface area contributed by atoms with Crippen LogP contribution in [0.1, 0.15) is 53.9 Å². The molecule has 23 heavy (non-hydrogen) atoms. The molecule has 5 atom stereocenters. The van der Waals surface area contributed by atoms with Gasteiger partial charge in [0.25, 0.3) is 0 Å². The van der Waals surface area contributed by atoms with Crippen molar-refractivity contribution in [2.75, 3.05) is 13.1 Å². The third-order valence-corrected chi connectivity index (χ3v) is 6.20. The van der Waals surface area contributed by atoms with Gasteiger partial charge in [0.05, 0.1) is 0 Å². The Hall–Kier alpha value is -0.770. The van der Waals surface area contributed by atoms with Gasteiger partial charge in [0.15, 0.2) is 0 Å². The molecule has 0 spiro atoms. The maximum Gasteiger partial charge on any atom is 0.407 e. The average molecular weight is 322 g/mol. The monoisotopic (exact) mass is 322 g/mol.